The third-order valence-corrected chi connectivity index (χ3v) is 5.13. The van der Waals surface area contributed by atoms with Crippen LogP contribution >= 0.6 is 15.9 Å². The number of ketones is 1. The van der Waals surface area contributed by atoms with Crippen LogP contribution in [0.5, 0.6) is 11.5 Å². The Morgan fingerprint density at radius 3 is 2.57 bits per heavy atom. The van der Waals surface area contributed by atoms with E-state index in [1.54, 1.807) is 36.4 Å². The lowest BCUT2D eigenvalue weighted by molar-refractivity contribution is 0.0733. The number of aryl methyl sites for hydroxylation is 1. The number of Topliss-reactive ketones (excluding diaryl/α,β-unsaturated/α-hetero) is 1. The molecule has 4 nitrogen and oxygen atoms in total. The number of allylic oxidation sites excluding steroid dienone is 1. The minimum Gasteiger partial charge on any atom is -0.452 e. The van der Waals surface area contributed by atoms with Crippen LogP contribution in [-0.2, 0) is 0 Å². The van der Waals surface area contributed by atoms with Gasteiger partial charge in [0.15, 0.2) is 5.76 Å². The molecule has 5 heteroatoms. The molecule has 1 aliphatic rings. The van der Waals surface area contributed by atoms with Crippen molar-refractivity contribution in [3.8, 4) is 11.5 Å². The topological polar surface area (TPSA) is 52.6 Å². The Bertz CT molecular complexity index is 1130. The summed E-state index contributed by atoms with van der Waals surface area (Å²) in [4.78, 5) is 25.0. The molecule has 0 unspecified atom stereocenters. The van der Waals surface area contributed by atoms with Gasteiger partial charge in [0.05, 0.1) is 11.1 Å². The van der Waals surface area contributed by atoms with Crippen LogP contribution in [0.3, 0.4) is 0 Å². The van der Waals surface area contributed by atoms with Crippen LogP contribution in [0.1, 0.15) is 31.8 Å². The second-order valence-electron chi connectivity index (χ2n) is 6.32. The number of benzene rings is 3. The smallest absolute Gasteiger partial charge is 0.343 e. The fourth-order valence-electron chi connectivity index (χ4n) is 2.93. The second-order valence-corrected chi connectivity index (χ2v) is 7.18. The van der Waals surface area contributed by atoms with Crippen LogP contribution in [-0.4, -0.2) is 11.8 Å². The summed E-state index contributed by atoms with van der Waals surface area (Å²) in [7, 11) is 0. The van der Waals surface area contributed by atoms with Crippen molar-refractivity contribution >= 4 is 33.8 Å². The first-order valence-corrected chi connectivity index (χ1v) is 9.43. The van der Waals surface area contributed by atoms with Crippen molar-refractivity contribution < 1.29 is 19.1 Å². The van der Waals surface area contributed by atoms with Gasteiger partial charge < -0.3 is 9.47 Å². The number of carbonyl (C=O) groups excluding carboxylic acids is 2. The molecule has 0 aliphatic carbocycles. The highest BCUT2D eigenvalue weighted by Crippen LogP contribution is 2.35. The van der Waals surface area contributed by atoms with Crippen LogP contribution in [0, 0.1) is 6.92 Å². The Morgan fingerprint density at radius 1 is 1.04 bits per heavy atom. The standard InChI is InChI=1S/C23H15BrO4/c1-14-6-2-4-8-17(14)23(26)27-16-10-11-18-20(13-16)28-21(22(18)25)12-15-7-3-5-9-19(15)24/h2-13H,1H3/b21-12-. The number of ether oxygens (including phenoxy) is 2. The lowest BCUT2D eigenvalue weighted by Gasteiger charge is -2.07. The SMILES string of the molecule is Cc1ccccc1C(=O)Oc1ccc2c(c1)O/C(=C\c1ccccc1Br)C2=O. The van der Waals surface area contributed by atoms with Gasteiger partial charge in [-0.15, -0.1) is 0 Å². The van der Waals surface area contributed by atoms with Gasteiger partial charge in [-0.05, 0) is 48.4 Å². The summed E-state index contributed by atoms with van der Waals surface area (Å²) in [5.41, 5.74) is 2.60. The van der Waals surface area contributed by atoms with Crippen molar-refractivity contribution in [1.82, 2.24) is 0 Å². The molecule has 3 aromatic carbocycles. The zero-order chi connectivity index (χ0) is 19.7. The predicted octanol–water partition coefficient (Wildman–Crippen LogP) is 5.59. The first-order chi connectivity index (χ1) is 13.5. The maximum atomic E-state index is 12.6. The normalized spacial score (nSPS) is 13.9. The van der Waals surface area contributed by atoms with E-state index in [1.807, 2.05) is 43.3 Å². The van der Waals surface area contributed by atoms with Crippen LogP contribution in [0.2, 0.25) is 0 Å². The summed E-state index contributed by atoms with van der Waals surface area (Å²) >= 11 is 3.46. The molecule has 0 saturated carbocycles. The minimum atomic E-state index is -0.452. The molecular weight excluding hydrogens is 420 g/mol. The molecule has 4 rings (SSSR count). The van der Waals surface area contributed by atoms with Crippen LogP contribution < -0.4 is 9.47 Å². The van der Waals surface area contributed by atoms with Gasteiger partial charge in [0.25, 0.3) is 0 Å². The van der Waals surface area contributed by atoms with Crippen molar-refractivity contribution in [2.24, 2.45) is 0 Å². The molecule has 0 N–H and O–H groups in total. The Labute approximate surface area is 170 Å². The molecular formula is C23H15BrO4. The van der Waals surface area contributed by atoms with Gasteiger partial charge in [-0.3, -0.25) is 4.79 Å². The summed E-state index contributed by atoms with van der Waals surface area (Å²) in [6.45, 7) is 1.85. The molecule has 0 aromatic heterocycles. The average molecular weight is 435 g/mol. The molecule has 3 aromatic rings. The number of fused-ring (bicyclic) bond motifs is 1. The van der Waals surface area contributed by atoms with Crippen molar-refractivity contribution in [3.63, 3.8) is 0 Å². The van der Waals surface area contributed by atoms with E-state index in [-0.39, 0.29) is 11.5 Å². The van der Waals surface area contributed by atoms with Gasteiger partial charge >= 0.3 is 5.97 Å². The molecule has 0 bridgehead atoms. The summed E-state index contributed by atoms with van der Waals surface area (Å²) in [5, 5.41) is 0. The van der Waals surface area contributed by atoms with Crippen LogP contribution in [0.4, 0.5) is 0 Å². The van der Waals surface area contributed by atoms with Gasteiger partial charge in [-0.25, -0.2) is 4.79 Å². The molecule has 0 saturated heterocycles. The largest absolute Gasteiger partial charge is 0.452 e. The predicted molar refractivity (Wildman–Crippen MR) is 110 cm³/mol. The number of rotatable bonds is 3. The number of hydrogen-bond acceptors (Lipinski definition) is 4. The monoisotopic (exact) mass is 434 g/mol. The third kappa shape index (κ3) is 3.49. The van der Waals surface area contributed by atoms with E-state index in [9.17, 15) is 9.59 Å². The zero-order valence-corrected chi connectivity index (χ0v) is 16.5. The summed E-state index contributed by atoms with van der Waals surface area (Å²) in [6, 6.07) is 19.5. The molecule has 138 valence electrons. The number of halogens is 1. The second kappa shape index (κ2) is 7.44. The van der Waals surface area contributed by atoms with E-state index in [0.717, 1.165) is 15.6 Å². The van der Waals surface area contributed by atoms with Gasteiger partial charge in [0.2, 0.25) is 5.78 Å². The number of hydrogen-bond donors (Lipinski definition) is 0. The minimum absolute atomic E-state index is 0.206. The Kier molecular flexibility index (Phi) is 4.84. The fraction of sp³-hybridized carbons (Fsp3) is 0.0435. The molecule has 0 fully saturated rings. The molecule has 1 heterocycles. The fourth-order valence-corrected chi connectivity index (χ4v) is 3.33. The zero-order valence-electron chi connectivity index (χ0n) is 14.9. The highest BCUT2D eigenvalue weighted by Gasteiger charge is 2.28. The molecule has 1 aliphatic heterocycles. The quantitative estimate of drug-likeness (QED) is 0.306. The Hall–Kier alpha value is -3.18. The van der Waals surface area contributed by atoms with E-state index in [1.165, 1.54) is 0 Å². The highest BCUT2D eigenvalue weighted by atomic mass is 79.9. The molecule has 28 heavy (non-hydrogen) atoms. The first-order valence-electron chi connectivity index (χ1n) is 8.63. The average Bonchev–Trinajstić information content (AvgIpc) is 2.99. The molecule has 0 amide bonds. The maximum absolute atomic E-state index is 12.6. The van der Waals surface area contributed by atoms with Crippen molar-refractivity contribution in [1.29, 1.82) is 0 Å². The Balaban J connectivity index is 1.58. The van der Waals surface area contributed by atoms with E-state index in [0.29, 0.717) is 22.6 Å². The third-order valence-electron chi connectivity index (χ3n) is 4.41. The van der Waals surface area contributed by atoms with Gasteiger partial charge in [-0.2, -0.15) is 0 Å². The van der Waals surface area contributed by atoms with E-state index >= 15 is 0 Å². The van der Waals surface area contributed by atoms with E-state index < -0.39 is 5.97 Å². The van der Waals surface area contributed by atoms with Gasteiger partial charge in [-0.1, -0.05) is 52.3 Å². The number of esters is 1. The van der Waals surface area contributed by atoms with E-state index in [2.05, 4.69) is 15.9 Å². The van der Waals surface area contributed by atoms with Crippen LogP contribution in [0.15, 0.2) is 77.0 Å². The van der Waals surface area contributed by atoms with Crippen molar-refractivity contribution in [2.75, 3.05) is 0 Å². The van der Waals surface area contributed by atoms with Gasteiger partial charge in [0, 0.05) is 10.5 Å². The van der Waals surface area contributed by atoms with Gasteiger partial charge in [0.1, 0.15) is 11.5 Å². The van der Waals surface area contributed by atoms with Crippen molar-refractivity contribution in [2.45, 2.75) is 6.92 Å². The summed E-state index contributed by atoms with van der Waals surface area (Å²) in [5.74, 6) is 0.263. The van der Waals surface area contributed by atoms with Crippen LogP contribution in [0.25, 0.3) is 6.08 Å². The summed E-state index contributed by atoms with van der Waals surface area (Å²) in [6.07, 6.45) is 1.69. The maximum Gasteiger partial charge on any atom is 0.343 e. The van der Waals surface area contributed by atoms with E-state index in [4.69, 9.17) is 9.47 Å². The lowest BCUT2D eigenvalue weighted by atomic mass is 10.1. The first kappa shape index (κ1) is 18.2. The lowest BCUT2D eigenvalue weighted by Crippen LogP contribution is -2.10. The number of carbonyl (C=O) groups is 2. The van der Waals surface area contributed by atoms with Crippen molar-refractivity contribution in [3.05, 3.63) is 99.2 Å². The summed E-state index contributed by atoms with van der Waals surface area (Å²) < 4.78 is 12.1. The molecule has 0 atom stereocenters. The molecule has 0 radical (unpaired) electrons. The highest BCUT2D eigenvalue weighted by molar-refractivity contribution is 9.10. The molecule has 0 spiro atoms. The Morgan fingerprint density at radius 2 is 1.79 bits per heavy atom.